The van der Waals surface area contributed by atoms with Gasteiger partial charge in [-0.1, -0.05) is 20.8 Å². The number of carboxylic acids is 1. The Balaban J connectivity index is 2.91. The monoisotopic (exact) mass is 313 g/mol. The Morgan fingerprint density at radius 1 is 1.19 bits per heavy atom. The third-order valence-electron chi connectivity index (χ3n) is 2.56. The van der Waals surface area contributed by atoms with Gasteiger partial charge in [-0.25, -0.2) is 9.59 Å². The maximum atomic E-state index is 11.8. The van der Waals surface area contributed by atoms with Gasteiger partial charge < -0.3 is 15.2 Å². The van der Waals surface area contributed by atoms with Gasteiger partial charge in [0.15, 0.2) is 6.04 Å². The second kappa shape index (κ2) is 6.05. The standard InChI is InChI=1S/C15H23NO4S/c1-14(2,3)10-8-7-9(21-10)11(12(17)18)16-13(19)20-15(4,5)6/h7-8,11H,1-6H3,(H,16,19)(H,17,18). The zero-order valence-corrected chi connectivity index (χ0v) is 14.1. The van der Waals surface area contributed by atoms with Gasteiger partial charge in [-0.15, -0.1) is 11.3 Å². The minimum atomic E-state index is -1.11. The van der Waals surface area contributed by atoms with Crippen molar-refractivity contribution in [2.75, 3.05) is 0 Å². The summed E-state index contributed by atoms with van der Waals surface area (Å²) in [5.74, 6) is -1.11. The fourth-order valence-corrected chi connectivity index (χ4v) is 2.70. The molecule has 0 aliphatic heterocycles. The zero-order chi connectivity index (χ0) is 16.4. The van der Waals surface area contributed by atoms with Gasteiger partial charge in [0.1, 0.15) is 5.60 Å². The number of nitrogens with one attached hydrogen (secondary N) is 1. The van der Waals surface area contributed by atoms with Crippen LogP contribution in [-0.2, 0) is 14.9 Å². The van der Waals surface area contributed by atoms with Crippen LogP contribution in [0.3, 0.4) is 0 Å². The molecule has 0 radical (unpaired) electrons. The van der Waals surface area contributed by atoms with Crippen LogP contribution >= 0.6 is 11.3 Å². The lowest BCUT2D eigenvalue weighted by molar-refractivity contribution is -0.139. The van der Waals surface area contributed by atoms with Crippen LogP contribution in [-0.4, -0.2) is 22.8 Å². The second-order valence-electron chi connectivity index (χ2n) is 6.87. The Bertz CT molecular complexity index is 523. The summed E-state index contributed by atoms with van der Waals surface area (Å²) in [6.45, 7) is 11.3. The van der Waals surface area contributed by atoms with Crippen LogP contribution in [0.4, 0.5) is 4.79 Å². The highest BCUT2D eigenvalue weighted by Gasteiger charge is 2.28. The number of carboxylic acid groups (broad SMARTS) is 1. The summed E-state index contributed by atoms with van der Waals surface area (Å²) in [6, 6.07) is 2.54. The molecule has 6 heteroatoms. The molecule has 1 unspecified atom stereocenters. The molecule has 21 heavy (non-hydrogen) atoms. The Labute approximate surface area is 129 Å². The Kier molecular flexibility index (Phi) is 5.04. The number of aliphatic carboxylic acids is 1. The summed E-state index contributed by atoms with van der Waals surface area (Å²) >= 11 is 1.39. The molecule has 0 aromatic carbocycles. The quantitative estimate of drug-likeness (QED) is 0.892. The van der Waals surface area contributed by atoms with E-state index in [9.17, 15) is 14.7 Å². The molecule has 2 N–H and O–H groups in total. The number of carbonyl (C=O) groups is 2. The molecule has 0 fully saturated rings. The molecule has 1 aromatic heterocycles. The van der Waals surface area contributed by atoms with Crippen molar-refractivity contribution in [2.45, 2.75) is 58.6 Å². The van der Waals surface area contributed by atoms with Gasteiger partial charge in [0.2, 0.25) is 0 Å². The topological polar surface area (TPSA) is 75.6 Å². The first-order valence-electron chi connectivity index (χ1n) is 6.73. The number of amides is 1. The van der Waals surface area contributed by atoms with Gasteiger partial charge >= 0.3 is 12.1 Å². The number of ether oxygens (including phenoxy) is 1. The largest absolute Gasteiger partial charge is 0.479 e. The van der Waals surface area contributed by atoms with Crippen molar-refractivity contribution >= 4 is 23.4 Å². The second-order valence-corrected chi connectivity index (χ2v) is 7.98. The minimum Gasteiger partial charge on any atom is -0.479 e. The van der Waals surface area contributed by atoms with E-state index in [4.69, 9.17) is 4.74 Å². The lowest BCUT2D eigenvalue weighted by Gasteiger charge is -2.21. The smallest absolute Gasteiger partial charge is 0.408 e. The Morgan fingerprint density at radius 3 is 2.14 bits per heavy atom. The van der Waals surface area contributed by atoms with Crippen molar-refractivity contribution < 1.29 is 19.4 Å². The Hall–Kier alpha value is -1.56. The summed E-state index contributed by atoms with van der Waals surface area (Å²) in [5, 5.41) is 11.7. The van der Waals surface area contributed by atoms with E-state index in [0.29, 0.717) is 4.88 Å². The maximum absolute atomic E-state index is 11.8. The van der Waals surface area contributed by atoms with Gasteiger partial charge in [0, 0.05) is 9.75 Å². The van der Waals surface area contributed by atoms with Gasteiger partial charge in [0.05, 0.1) is 0 Å². The SMILES string of the molecule is CC(C)(C)OC(=O)NC(C(=O)O)c1ccc(C(C)(C)C)s1. The van der Waals surface area contributed by atoms with E-state index in [0.717, 1.165) is 4.88 Å². The van der Waals surface area contributed by atoms with Crippen molar-refractivity contribution in [3.63, 3.8) is 0 Å². The van der Waals surface area contributed by atoms with Crippen LogP contribution in [0.25, 0.3) is 0 Å². The van der Waals surface area contributed by atoms with Crippen LogP contribution in [0.5, 0.6) is 0 Å². The molecule has 0 saturated heterocycles. The van der Waals surface area contributed by atoms with E-state index in [2.05, 4.69) is 26.1 Å². The highest BCUT2D eigenvalue weighted by molar-refractivity contribution is 7.12. The molecule has 1 amide bonds. The zero-order valence-electron chi connectivity index (χ0n) is 13.3. The summed E-state index contributed by atoms with van der Waals surface area (Å²) in [7, 11) is 0. The third-order valence-corrected chi connectivity index (χ3v) is 4.13. The van der Waals surface area contributed by atoms with Crippen LogP contribution < -0.4 is 5.32 Å². The third kappa shape index (κ3) is 5.38. The van der Waals surface area contributed by atoms with Crippen molar-refractivity contribution in [3.8, 4) is 0 Å². The van der Waals surface area contributed by atoms with Crippen molar-refractivity contribution in [3.05, 3.63) is 21.9 Å². The number of alkyl carbamates (subject to hydrolysis) is 1. The summed E-state index contributed by atoms with van der Waals surface area (Å²) in [5.41, 5.74) is -0.725. The molecule has 5 nitrogen and oxygen atoms in total. The van der Waals surface area contributed by atoms with Crippen LogP contribution in [0, 0.1) is 0 Å². The van der Waals surface area contributed by atoms with E-state index >= 15 is 0 Å². The molecule has 1 heterocycles. The van der Waals surface area contributed by atoms with Gasteiger partial charge in [0.25, 0.3) is 0 Å². The summed E-state index contributed by atoms with van der Waals surface area (Å²) < 4.78 is 5.11. The fourth-order valence-electron chi connectivity index (χ4n) is 1.59. The number of thiophene rings is 1. The van der Waals surface area contributed by atoms with Crippen molar-refractivity contribution in [1.29, 1.82) is 0 Å². The van der Waals surface area contributed by atoms with E-state index in [1.54, 1.807) is 26.8 Å². The molecule has 118 valence electrons. The molecule has 0 aliphatic carbocycles. The van der Waals surface area contributed by atoms with Gasteiger partial charge in [-0.3, -0.25) is 0 Å². The Morgan fingerprint density at radius 2 is 1.76 bits per heavy atom. The maximum Gasteiger partial charge on any atom is 0.408 e. The van der Waals surface area contributed by atoms with Crippen LogP contribution in [0.1, 0.15) is 57.3 Å². The molecule has 0 aliphatic rings. The highest BCUT2D eigenvalue weighted by atomic mass is 32.1. The summed E-state index contributed by atoms with van der Waals surface area (Å²) in [4.78, 5) is 24.8. The molecule has 1 aromatic rings. The molecule has 1 rings (SSSR count). The molecular weight excluding hydrogens is 290 g/mol. The van der Waals surface area contributed by atoms with E-state index < -0.39 is 23.7 Å². The summed E-state index contributed by atoms with van der Waals surface area (Å²) in [6.07, 6.45) is -0.736. The first kappa shape index (κ1) is 17.5. The average molecular weight is 313 g/mol. The number of hydrogen-bond donors (Lipinski definition) is 2. The lowest BCUT2D eigenvalue weighted by Crippen LogP contribution is -2.37. The average Bonchev–Trinajstić information content (AvgIpc) is 2.71. The van der Waals surface area contributed by atoms with Crippen LogP contribution in [0.2, 0.25) is 0 Å². The predicted molar refractivity (Wildman–Crippen MR) is 82.8 cm³/mol. The van der Waals surface area contributed by atoms with Crippen molar-refractivity contribution in [1.82, 2.24) is 5.32 Å². The first-order valence-corrected chi connectivity index (χ1v) is 7.54. The van der Waals surface area contributed by atoms with E-state index in [-0.39, 0.29) is 5.41 Å². The molecule has 0 bridgehead atoms. The van der Waals surface area contributed by atoms with Crippen LogP contribution in [0.15, 0.2) is 12.1 Å². The lowest BCUT2D eigenvalue weighted by atomic mass is 9.95. The van der Waals surface area contributed by atoms with Gasteiger partial charge in [-0.05, 0) is 38.3 Å². The normalized spacial score (nSPS) is 13.6. The van der Waals surface area contributed by atoms with Crippen molar-refractivity contribution in [2.24, 2.45) is 0 Å². The van der Waals surface area contributed by atoms with E-state index in [1.807, 2.05) is 6.07 Å². The number of hydrogen-bond acceptors (Lipinski definition) is 4. The molecular formula is C15H23NO4S. The minimum absolute atomic E-state index is 0.0577. The molecule has 0 saturated carbocycles. The van der Waals surface area contributed by atoms with E-state index in [1.165, 1.54) is 11.3 Å². The molecule has 1 atom stereocenters. The fraction of sp³-hybridized carbons (Fsp3) is 0.600. The molecule has 0 spiro atoms. The highest BCUT2D eigenvalue weighted by Crippen LogP contribution is 2.32. The van der Waals surface area contributed by atoms with Gasteiger partial charge in [-0.2, -0.15) is 0 Å². The first-order chi connectivity index (χ1) is 9.40. The number of rotatable bonds is 3. The predicted octanol–water partition coefficient (Wildman–Crippen LogP) is 3.70. The number of carbonyl (C=O) groups excluding carboxylic acids is 1.